The Morgan fingerprint density at radius 3 is 2.77 bits per heavy atom. The van der Waals surface area contributed by atoms with Gasteiger partial charge in [0.2, 0.25) is 5.66 Å². The number of ether oxygens (including phenoxy) is 1. The first kappa shape index (κ1) is 20.6. The van der Waals surface area contributed by atoms with Gasteiger partial charge in [-0.05, 0) is 31.5 Å². The summed E-state index contributed by atoms with van der Waals surface area (Å²) in [5.41, 5.74) is 10.3. The molecule has 0 radical (unpaired) electrons. The van der Waals surface area contributed by atoms with E-state index < -0.39 is 41.4 Å². The number of aliphatic hydroxyl groups is 2. The van der Waals surface area contributed by atoms with Crippen molar-refractivity contribution in [3.63, 3.8) is 0 Å². The van der Waals surface area contributed by atoms with Crippen molar-refractivity contribution in [1.82, 2.24) is 10.6 Å². The Balaban J connectivity index is 1.76. The first-order chi connectivity index (χ1) is 14.0. The van der Waals surface area contributed by atoms with Gasteiger partial charge in [-0.15, -0.1) is 0 Å². The highest BCUT2D eigenvalue weighted by Crippen LogP contribution is 2.45. The van der Waals surface area contributed by atoms with E-state index in [9.17, 15) is 19.4 Å². The highest BCUT2D eigenvalue weighted by molar-refractivity contribution is 6.33. The molecule has 1 spiro atoms. The third-order valence-corrected chi connectivity index (χ3v) is 6.32. The SMILES string of the molecule is CC[C@@H]1NC(N)=[N+]2[C@@H](C)[C@H](OC(=O)c3ccc(F)cc3Cl)C(O)(O)[C@@]23NC(N)=N[C@@H]13. The molecule has 8 N–H and O–H groups in total. The zero-order valence-corrected chi connectivity index (χ0v) is 17.0. The monoisotopic (exact) mass is 441 g/mol. The molecule has 5 atom stereocenters. The molecule has 0 aliphatic carbocycles. The molecule has 0 bridgehead atoms. The van der Waals surface area contributed by atoms with Gasteiger partial charge in [0.15, 0.2) is 12.1 Å². The highest BCUT2D eigenvalue weighted by atomic mass is 35.5. The van der Waals surface area contributed by atoms with Crippen LogP contribution in [-0.2, 0) is 4.74 Å². The molecular formula is C18H23ClFN6O4+. The van der Waals surface area contributed by atoms with Crippen LogP contribution >= 0.6 is 11.6 Å². The Hall–Kier alpha value is -2.63. The molecule has 4 rings (SSSR count). The molecule has 0 saturated carbocycles. The van der Waals surface area contributed by atoms with Gasteiger partial charge in [-0.2, -0.15) is 0 Å². The average Bonchev–Trinajstić information content (AvgIpc) is 3.09. The fourth-order valence-electron chi connectivity index (χ4n) is 4.71. The molecule has 1 aromatic rings. The first-order valence-electron chi connectivity index (χ1n) is 9.45. The molecule has 3 heterocycles. The second-order valence-electron chi connectivity index (χ2n) is 7.68. The Kier molecular flexibility index (Phi) is 4.60. The van der Waals surface area contributed by atoms with E-state index in [1.807, 2.05) is 6.92 Å². The lowest BCUT2D eigenvalue weighted by atomic mass is 9.85. The topological polar surface area (TPSA) is 158 Å². The smallest absolute Gasteiger partial charge is 0.346 e. The number of nitrogens with two attached hydrogens (primary N) is 2. The highest BCUT2D eigenvalue weighted by Gasteiger charge is 2.78. The van der Waals surface area contributed by atoms with E-state index >= 15 is 0 Å². The van der Waals surface area contributed by atoms with Crippen LogP contribution in [0, 0.1) is 5.82 Å². The van der Waals surface area contributed by atoms with E-state index in [1.165, 1.54) is 4.58 Å². The van der Waals surface area contributed by atoms with E-state index in [4.69, 9.17) is 27.8 Å². The van der Waals surface area contributed by atoms with Crippen LogP contribution < -0.4 is 22.1 Å². The summed E-state index contributed by atoms with van der Waals surface area (Å²) < 4.78 is 20.3. The van der Waals surface area contributed by atoms with Gasteiger partial charge < -0.3 is 26.0 Å². The van der Waals surface area contributed by atoms with E-state index in [1.54, 1.807) is 6.92 Å². The number of benzene rings is 1. The summed E-state index contributed by atoms with van der Waals surface area (Å²) in [5.74, 6) is -4.03. The van der Waals surface area contributed by atoms with E-state index in [0.717, 1.165) is 18.2 Å². The molecular weight excluding hydrogens is 419 g/mol. The van der Waals surface area contributed by atoms with Crippen molar-refractivity contribution in [1.29, 1.82) is 0 Å². The molecule has 3 aliphatic heterocycles. The quantitative estimate of drug-likeness (QED) is 0.193. The third-order valence-electron chi connectivity index (χ3n) is 6.01. The maximum absolute atomic E-state index is 13.3. The average molecular weight is 442 g/mol. The van der Waals surface area contributed by atoms with Crippen LogP contribution in [0.25, 0.3) is 0 Å². The van der Waals surface area contributed by atoms with Gasteiger partial charge in [-0.3, -0.25) is 11.1 Å². The summed E-state index contributed by atoms with van der Waals surface area (Å²) >= 11 is 5.95. The van der Waals surface area contributed by atoms with Crippen molar-refractivity contribution in [2.45, 2.75) is 55.9 Å². The van der Waals surface area contributed by atoms with Crippen LogP contribution in [0.5, 0.6) is 0 Å². The molecule has 162 valence electrons. The number of halogens is 2. The first-order valence-corrected chi connectivity index (χ1v) is 9.83. The normalized spacial score (nSPS) is 33.9. The van der Waals surface area contributed by atoms with Gasteiger partial charge in [0.05, 0.1) is 10.6 Å². The second kappa shape index (κ2) is 6.69. The predicted octanol–water partition coefficient (Wildman–Crippen LogP) is -1.22. The Bertz CT molecular complexity index is 985. The number of hydrogen-bond donors (Lipinski definition) is 6. The van der Waals surface area contributed by atoms with Crippen LogP contribution in [0.1, 0.15) is 30.6 Å². The van der Waals surface area contributed by atoms with Crippen LogP contribution in [0.2, 0.25) is 5.02 Å². The summed E-state index contributed by atoms with van der Waals surface area (Å²) in [4.78, 5) is 17.1. The van der Waals surface area contributed by atoms with Crippen LogP contribution in [0.15, 0.2) is 23.2 Å². The van der Waals surface area contributed by atoms with Crippen molar-refractivity contribution >= 4 is 29.5 Å². The number of carbonyl (C=O) groups excluding carboxylic acids is 1. The van der Waals surface area contributed by atoms with Gasteiger partial charge in [0.1, 0.15) is 23.9 Å². The minimum Gasteiger partial charge on any atom is -0.449 e. The van der Waals surface area contributed by atoms with Gasteiger partial charge in [0.25, 0.3) is 5.79 Å². The van der Waals surface area contributed by atoms with Crippen molar-refractivity contribution in [3.8, 4) is 0 Å². The summed E-state index contributed by atoms with van der Waals surface area (Å²) in [6.07, 6.45) is -0.891. The Morgan fingerprint density at radius 1 is 1.43 bits per heavy atom. The molecule has 0 aromatic heterocycles. The number of aliphatic imine (C=N–C) groups is 1. The van der Waals surface area contributed by atoms with Crippen LogP contribution in [-0.4, -0.2) is 68.4 Å². The second-order valence-corrected chi connectivity index (χ2v) is 8.09. The predicted molar refractivity (Wildman–Crippen MR) is 105 cm³/mol. The van der Waals surface area contributed by atoms with E-state index in [2.05, 4.69) is 15.6 Å². The van der Waals surface area contributed by atoms with E-state index in [0.29, 0.717) is 6.42 Å². The molecule has 12 heteroatoms. The summed E-state index contributed by atoms with van der Waals surface area (Å²) in [6, 6.07) is 1.32. The fourth-order valence-corrected chi connectivity index (χ4v) is 4.96. The lowest BCUT2D eigenvalue weighted by Gasteiger charge is -2.43. The fraction of sp³-hybridized carbons (Fsp3) is 0.500. The van der Waals surface area contributed by atoms with Gasteiger partial charge in [0, 0.05) is 0 Å². The molecule has 10 nitrogen and oxygen atoms in total. The standard InChI is InChI=1S/C18H22ClFN6O4/c1-3-11-12-17(25-15(21)24-12)18(28,29)13(7(2)26(17)16(22)23-11)30-14(27)9-5-4-8(20)6-10(9)19/h4-7,11-13,28-29H,3H2,1-2H3,(H5,21,22,23,24,25)/p+1/t7-,11-,12-,13-,17-/m0/s1. The number of hydrogen-bond acceptors (Lipinski definition) is 9. The van der Waals surface area contributed by atoms with Crippen molar-refractivity contribution < 1.29 is 28.7 Å². The van der Waals surface area contributed by atoms with Crippen LogP contribution in [0.4, 0.5) is 4.39 Å². The number of rotatable bonds is 3. The molecule has 1 aromatic carbocycles. The largest absolute Gasteiger partial charge is 0.449 e. The maximum atomic E-state index is 13.3. The molecule has 1 fully saturated rings. The van der Waals surface area contributed by atoms with Crippen molar-refractivity contribution in [2.24, 2.45) is 16.5 Å². The Labute approximate surface area is 176 Å². The number of nitrogens with one attached hydrogen (secondary N) is 2. The summed E-state index contributed by atoms with van der Waals surface area (Å²) in [7, 11) is 0. The van der Waals surface area contributed by atoms with Crippen LogP contribution in [0.3, 0.4) is 0 Å². The summed E-state index contributed by atoms with van der Waals surface area (Å²) in [5, 5.41) is 28.4. The minimum atomic E-state index is -2.63. The van der Waals surface area contributed by atoms with Crippen molar-refractivity contribution in [3.05, 3.63) is 34.6 Å². The lowest BCUT2D eigenvalue weighted by Crippen LogP contribution is -2.78. The zero-order chi connectivity index (χ0) is 22.0. The van der Waals surface area contributed by atoms with Gasteiger partial charge in [-0.1, -0.05) is 18.5 Å². The third kappa shape index (κ3) is 2.58. The maximum Gasteiger partial charge on any atom is 0.346 e. The lowest BCUT2D eigenvalue weighted by molar-refractivity contribution is -0.646. The molecule has 30 heavy (non-hydrogen) atoms. The molecule has 0 unspecified atom stereocenters. The minimum absolute atomic E-state index is 0.00757. The number of esters is 1. The summed E-state index contributed by atoms with van der Waals surface area (Å²) in [6.45, 7) is 3.51. The zero-order valence-electron chi connectivity index (χ0n) is 16.3. The number of guanidine groups is 2. The van der Waals surface area contributed by atoms with Gasteiger partial charge in [-0.25, -0.2) is 18.8 Å². The number of nitrogens with zero attached hydrogens (tertiary/aromatic N) is 2. The molecule has 3 aliphatic rings. The number of carbonyl (C=O) groups is 1. The van der Waals surface area contributed by atoms with Crippen molar-refractivity contribution in [2.75, 3.05) is 0 Å². The Morgan fingerprint density at radius 2 is 2.13 bits per heavy atom. The van der Waals surface area contributed by atoms with E-state index in [-0.39, 0.29) is 28.5 Å². The van der Waals surface area contributed by atoms with Gasteiger partial charge >= 0.3 is 11.9 Å². The molecule has 0 amide bonds. The molecule has 1 saturated heterocycles.